The predicted molar refractivity (Wildman–Crippen MR) is 135 cm³/mol. The second-order valence-corrected chi connectivity index (χ2v) is 13.6. The van der Waals surface area contributed by atoms with E-state index in [-0.39, 0.29) is 23.3 Å². The predicted octanol–water partition coefficient (Wildman–Crippen LogP) is 4.43. The van der Waals surface area contributed by atoms with Gasteiger partial charge in [-0.15, -0.1) is 0 Å². The molecule has 0 amide bonds. The van der Waals surface area contributed by atoms with E-state index in [0.717, 1.165) is 50.6 Å². The van der Waals surface area contributed by atoms with Crippen LogP contribution in [-0.2, 0) is 10.0 Å². The third-order valence-corrected chi connectivity index (χ3v) is 11.4. The second-order valence-electron chi connectivity index (χ2n) is 11.9. The Hall–Kier alpha value is -1.96. The summed E-state index contributed by atoms with van der Waals surface area (Å²) in [5.41, 5.74) is 4.72. The summed E-state index contributed by atoms with van der Waals surface area (Å²) < 4.78 is 31.7. The molecule has 6 aliphatic carbocycles. The summed E-state index contributed by atoms with van der Waals surface area (Å²) in [5.74, 6) is 1.41. The Bertz CT molecular complexity index is 1260. The van der Waals surface area contributed by atoms with Crippen molar-refractivity contribution in [1.29, 1.82) is 0 Å². The molecule has 35 heavy (non-hydrogen) atoms. The molecule has 2 aromatic rings. The minimum atomic E-state index is -3.30. The zero-order valence-corrected chi connectivity index (χ0v) is 21.0. The number of aliphatic hydroxyl groups excluding tert-OH is 1. The van der Waals surface area contributed by atoms with Crippen LogP contribution in [0.15, 0.2) is 48.4 Å². The quantitative estimate of drug-likeness (QED) is 0.559. The van der Waals surface area contributed by atoms with Crippen LogP contribution in [0.4, 0.5) is 0 Å². The van der Waals surface area contributed by atoms with Gasteiger partial charge in [-0.2, -0.15) is 0 Å². The maximum Gasteiger partial charge on any atom is 0.212 e. The van der Waals surface area contributed by atoms with Crippen LogP contribution in [0, 0.1) is 23.7 Å². The molecule has 2 N–H and O–H groups in total. The number of nitrogens with zero attached hydrogens (tertiary/aromatic N) is 2. The maximum atomic E-state index is 13.1. The number of rotatable bonds is 7. The summed E-state index contributed by atoms with van der Waals surface area (Å²) in [7, 11) is -3.30. The van der Waals surface area contributed by atoms with Crippen LogP contribution in [0.1, 0.15) is 69.4 Å². The molecule has 1 aromatic heterocycles. The molecule has 4 unspecified atom stereocenters. The van der Waals surface area contributed by atoms with Gasteiger partial charge in [0.15, 0.2) is 0 Å². The van der Waals surface area contributed by atoms with Gasteiger partial charge in [-0.3, -0.25) is 0 Å². The van der Waals surface area contributed by atoms with Crippen LogP contribution >= 0.6 is 0 Å². The van der Waals surface area contributed by atoms with Gasteiger partial charge in [0.25, 0.3) is 0 Å². The van der Waals surface area contributed by atoms with Crippen molar-refractivity contribution >= 4 is 10.0 Å². The average molecular weight is 494 g/mol. The van der Waals surface area contributed by atoms with Crippen LogP contribution in [0.2, 0.25) is 0 Å². The lowest BCUT2D eigenvalue weighted by molar-refractivity contribution is -0.0645. The Morgan fingerprint density at radius 1 is 1.14 bits per heavy atom. The molecule has 4 atom stereocenters. The molecule has 1 aliphatic heterocycles. The zero-order chi connectivity index (χ0) is 23.8. The van der Waals surface area contributed by atoms with Crippen molar-refractivity contribution in [3.63, 3.8) is 0 Å². The summed E-state index contributed by atoms with van der Waals surface area (Å²) in [6, 6.07) is 8.54. The maximum absolute atomic E-state index is 13.1. The Kier molecular flexibility index (Phi) is 5.10. The molecule has 186 valence electrons. The van der Waals surface area contributed by atoms with E-state index in [0.29, 0.717) is 24.2 Å². The van der Waals surface area contributed by atoms with Crippen molar-refractivity contribution in [2.24, 2.45) is 23.7 Å². The summed E-state index contributed by atoms with van der Waals surface area (Å²) in [6.45, 7) is 0. The number of fused-ring (bicyclic) bond motifs is 4. The number of hydrogen-bond donors (Lipinski definition) is 2. The van der Waals surface area contributed by atoms with Gasteiger partial charge >= 0.3 is 0 Å². The van der Waals surface area contributed by atoms with Crippen LogP contribution < -0.4 is 4.72 Å². The third-order valence-electron chi connectivity index (χ3n) is 9.79. The minimum absolute atomic E-state index is 0.106. The van der Waals surface area contributed by atoms with Crippen LogP contribution in [0.3, 0.4) is 0 Å². The Morgan fingerprint density at radius 2 is 1.91 bits per heavy atom. The standard InChI is InChI=1S/C28H35N3O3S/c32-26(12-24-20-8-4-5-9-21(20)25-15-29-17-31(24)25)27-22-13-28(11-10-19(22)23(27)14-28)30-35(33,34)16-18-6-2-1-3-7-18/h4-5,8-10,15,17-18,22-24,26-27,30,32H,1-3,6-7,11-14,16H2. The SMILES string of the molecule is O=S(=O)(CC1CCCCC1)NC12CC=C3C(C1)C(C(O)CC1c4ccccc4-c4cncn41)C3C2. The molecule has 4 bridgehead atoms. The molecule has 0 radical (unpaired) electrons. The molecule has 1 aromatic carbocycles. The number of imidazole rings is 1. The number of nitrogens with one attached hydrogen (secondary N) is 1. The Morgan fingerprint density at radius 3 is 2.71 bits per heavy atom. The lowest BCUT2D eigenvalue weighted by atomic mass is 9.44. The van der Waals surface area contributed by atoms with Gasteiger partial charge in [-0.1, -0.05) is 55.2 Å². The number of aliphatic hydroxyl groups is 1. The summed E-state index contributed by atoms with van der Waals surface area (Å²) in [6.07, 6.45) is 14.4. The highest BCUT2D eigenvalue weighted by Crippen LogP contribution is 2.64. The fourth-order valence-corrected chi connectivity index (χ4v) is 10.3. The largest absolute Gasteiger partial charge is 0.393 e. The van der Waals surface area contributed by atoms with E-state index in [1.807, 2.05) is 12.5 Å². The minimum Gasteiger partial charge on any atom is -0.393 e. The van der Waals surface area contributed by atoms with Gasteiger partial charge in [0.1, 0.15) is 0 Å². The van der Waals surface area contributed by atoms with Crippen LogP contribution in [0.5, 0.6) is 0 Å². The van der Waals surface area contributed by atoms with E-state index >= 15 is 0 Å². The van der Waals surface area contributed by atoms with Gasteiger partial charge in [0, 0.05) is 11.1 Å². The van der Waals surface area contributed by atoms with Gasteiger partial charge in [0.2, 0.25) is 10.0 Å². The van der Waals surface area contributed by atoms with Gasteiger partial charge in [0.05, 0.1) is 36.1 Å². The zero-order valence-electron chi connectivity index (χ0n) is 20.1. The Labute approximate surface area is 207 Å². The third kappa shape index (κ3) is 3.57. The molecule has 4 saturated carbocycles. The number of sulfonamides is 1. The van der Waals surface area contributed by atoms with E-state index < -0.39 is 16.1 Å². The molecule has 2 heterocycles. The molecule has 0 saturated heterocycles. The van der Waals surface area contributed by atoms with Crippen molar-refractivity contribution in [1.82, 2.24) is 14.3 Å². The highest BCUT2D eigenvalue weighted by molar-refractivity contribution is 7.89. The van der Waals surface area contributed by atoms with E-state index in [9.17, 15) is 13.5 Å². The lowest BCUT2D eigenvalue weighted by Gasteiger charge is -2.63. The number of aromatic nitrogens is 2. The molecule has 7 heteroatoms. The molecular formula is C28H35N3O3S. The van der Waals surface area contributed by atoms with Gasteiger partial charge in [-0.05, 0) is 67.8 Å². The number of allylic oxidation sites excluding steroid dienone is 1. The fourth-order valence-electron chi connectivity index (χ4n) is 8.35. The Balaban J connectivity index is 1.06. The molecule has 0 spiro atoms. The van der Waals surface area contributed by atoms with E-state index in [1.54, 1.807) is 0 Å². The number of hydrogen-bond acceptors (Lipinski definition) is 4. The van der Waals surface area contributed by atoms with E-state index in [1.165, 1.54) is 23.1 Å². The first-order valence-corrected chi connectivity index (χ1v) is 15.1. The molecule has 7 aliphatic rings. The highest BCUT2D eigenvalue weighted by atomic mass is 32.2. The monoisotopic (exact) mass is 493 g/mol. The van der Waals surface area contributed by atoms with E-state index in [4.69, 9.17) is 0 Å². The van der Waals surface area contributed by atoms with Gasteiger partial charge in [-0.25, -0.2) is 18.1 Å². The van der Waals surface area contributed by atoms with Crippen molar-refractivity contribution in [3.05, 3.63) is 54.0 Å². The highest BCUT2D eigenvalue weighted by Gasteiger charge is 2.61. The normalized spacial score (nSPS) is 34.1. The first-order chi connectivity index (χ1) is 16.9. The average Bonchev–Trinajstić information content (AvgIpc) is 3.42. The van der Waals surface area contributed by atoms with E-state index in [2.05, 4.69) is 44.6 Å². The number of benzene rings is 1. The summed E-state index contributed by atoms with van der Waals surface area (Å²) in [4.78, 5) is 4.36. The topological polar surface area (TPSA) is 84.2 Å². The van der Waals surface area contributed by atoms with Crippen LogP contribution in [-0.4, -0.2) is 40.5 Å². The van der Waals surface area contributed by atoms with Crippen molar-refractivity contribution in [3.8, 4) is 11.3 Å². The van der Waals surface area contributed by atoms with Crippen molar-refractivity contribution in [2.75, 3.05) is 5.75 Å². The summed E-state index contributed by atoms with van der Waals surface area (Å²) in [5, 5.41) is 11.5. The van der Waals surface area contributed by atoms with Crippen molar-refractivity contribution in [2.45, 2.75) is 75.5 Å². The lowest BCUT2D eigenvalue weighted by Crippen LogP contribution is -2.65. The second kappa shape index (κ2) is 8.02. The molecule has 9 rings (SSSR count). The first kappa shape index (κ1) is 22.3. The van der Waals surface area contributed by atoms with Gasteiger partial charge < -0.3 is 9.67 Å². The van der Waals surface area contributed by atoms with Crippen molar-refractivity contribution < 1.29 is 13.5 Å². The first-order valence-electron chi connectivity index (χ1n) is 13.4. The molecular weight excluding hydrogens is 458 g/mol. The summed E-state index contributed by atoms with van der Waals surface area (Å²) >= 11 is 0. The van der Waals surface area contributed by atoms with Crippen LogP contribution in [0.25, 0.3) is 11.3 Å². The molecule has 4 fully saturated rings. The molecule has 6 nitrogen and oxygen atoms in total. The smallest absolute Gasteiger partial charge is 0.212 e. The fraction of sp³-hybridized carbons (Fsp3) is 0.607.